The number of halogens is 1. The van der Waals surface area contributed by atoms with Crippen LogP contribution in [0.25, 0.3) is 0 Å². The van der Waals surface area contributed by atoms with Gasteiger partial charge in [0.05, 0.1) is 4.92 Å². The van der Waals surface area contributed by atoms with Crippen LogP contribution in [0.2, 0.25) is 5.02 Å². The fraction of sp³-hybridized carbons (Fsp3) is 0.350. The molecule has 2 aromatic rings. The molecule has 0 aromatic heterocycles. The van der Waals surface area contributed by atoms with Crippen molar-refractivity contribution < 1.29 is 19.2 Å². The fourth-order valence-corrected chi connectivity index (χ4v) is 3.35. The van der Waals surface area contributed by atoms with Gasteiger partial charge in [-0.3, -0.25) is 10.1 Å². The summed E-state index contributed by atoms with van der Waals surface area (Å²) in [5.41, 5.74) is -1.27. The van der Waals surface area contributed by atoms with Crippen LogP contribution in [0, 0.1) is 15.5 Å². The Balaban J connectivity index is 2.13. The van der Waals surface area contributed by atoms with Crippen LogP contribution in [0.5, 0.6) is 0 Å². The van der Waals surface area contributed by atoms with Crippen molar-refractivity contribution in [1.29, 1.82) is 0 Å². The van der Waals surface area contributed by atoms with Crippen LogP contribution in [0.4, 0.5) is 5.69 Å². The molecule has 0 unspecified atom stereocenters. The third-order valence-corrected chi connectivity index (χ3v) is 4.80. The highest BCUT2D eigenvalue weighted by Crippen LogP contribution is 2.44. The molecule has 2 atom stereocenters. The summed E-state index contributed by atoms with van der Waals surface area (Å²) >= 11 is 6.04. The molecule has 1 heterocycles. The number of benzene rings is 2. The van der Waals surface area contributed by atoms with Crippen LogP contribution in [0.3, 0.4) is 0 Å². The second-order valence-corrected chi connectivity index (χ2v) is 8.00. The molecular weight excluding hydrogens is 370 g/mol. The number of nitro benzene ring substituents is 1. The quantitative estimate of drug-likeness (QED) is 0.432. The van der Waals surface area contributed by atoms with E-state index in [1.165, 1.54) is 6.07 Å². The molecule has 142 valence electrons. The van der Waals surface area contributed by atoms with Gasteiger partial charge in [0.1, 0.15) is 5.02 Å². The Labute approximate surface area is 162 Å². The van der Waals surface area contributed by atoms with Gasteiger partial charge in [-0.2, -0.15) is 0 Å². The molecule has 2 aromatic carbocycles. The maximum absolute atomic E-state index is 13.0. The molecule has 7 heteroatoms. The van der Waals surface area contributed by atoms with Gasteiger partial charge < -0.3 is 9.47 Å². The van der Waals surface area contributed by atoms with Gasteiger partial charge >= 0.3 is 5.97 Å². The molecule has 0 bridgehead atoms. The Morgan fingerprint density at radius 1 is 1.15 bits per heavy atom. The van der Waals surface area contributed by atoms with Gasteiger partial charge in [0.25, 0.3) is 5.69 Å². The van der Waals surface area contributed by atoms with Crippen molar-refractivity contribution in [3.05, 3.63) is 74.8 Å². The second-order valence-electron chi connectivity index (χ2n) is 7.60. The van der Waals surface area contributed by atoms with E-state index in [-0.39, 0.29) is 17.1 Å². The molecule has 27 heavy (non-hydrogen) atoms. The first kappa shape index (κ1) is 19.3. The average molecular weight is 390 g/mol. The van der Waals surface area contributed by atoms with E-state index < -0.39 is 28.2 Å². The normalized spacial score (nSPS) is 22.5. The van der Waals surface area contributed by atoms with Crippen LogP contribution >= 0.6 is 11.6 Å². The summed E-state index contributed by atoms with van der Waals surface area (Å²) < 4.78 is 11.7. The van der Waals surface area contributed by atoms with Crippen LogP contribution in [0.15, 0.2) is 48.5 Å². The van der Waals surface area contributed by atoms with Crippen molar-refractivity contribution >= 4 is 23.3 Å². The standard InChI is InChI=1S/C20H20ClNO5/c1-19(2,3)18-26-17(23)20(27-18,14-9-5-4-6-10-14)12-13-8-7-11-15(21)16(13)22(24)25/h4-11,18H,12H2,1-3H3/t18-,20+/m1/s1. The van der Waals surface area contributed by atoms with Crippen molar-refractivity contribution in [1.82, 2.24) is 0 Å². The summed E-state index contributed by atoms with van der Waals surface area (Å²) in [6, 6.07) is 13.5. The molecule has 0 saturated carbocycles. The van der Waals surface area contributed by atoms with Crippen LogP contribution < -0.4 is 0 Å². The summed E-state index contributed by atoms with van der Waals surface area (Å²) in [7, 11) is 0. The van der Waals surface area contributed by atoms with Crippen molar-refractivity contribution in [3.8, 4) is 0 Å². The molecule has 0 aliphatic carbocycles. The summed E-state index contributed by atoms with van der Waals surface area (Å²) in [4.78, 5) is 24.0. The molecule has 1 aliphatic heterocycles. The second kappa shape index (κ2) is 6.94. The van der Waals surface area contributed by atoms with Crippen molar-refractivity contribution in [2.24, 2.45) is 5.41 Å². The first-order valence-corrected chi connectivity index (χ1v) is 8.89. The predicted molar refractivity (Wildman–Crippen MR) is 100 cm³/mol. The Morgan fingerprint density at radius 3 is 2.37 bits per heavy atom. The number of carbonyl (C=O) groups excluding carboxylic acids is 1. The van der Waals surface area contributed by atoms with E-state index in [1.807, 2.05) is 26.8 Å². The third kappa shape index (κ3) is 3.55. The number of rotatable bonds is 4. The lowest BCUT2D eigenvalue weighted by Gasteiger charge is -2.29. The molecular formula is C20H20ClNO5. The minimum Gasteiger partial charge on any atom is -0.433 e. The number of esters is 1. The smallest absolute Gasteiger partial charge is 0.345 e. The number of hydrogen-bond acceptors (Lipinski definition) is 5. The van der Waals surface area contributed by atoms with E-state index in [2.05, 4.69) is 0 Å². The van der Waals surface area contributed by atoms with E-state index in [0.717, 1.165) is 0 Å². The first-order chi connectivity index (χ1) is 12.6. The molecule has 1 fully saturated rings. The lowest BCUT2D eigenvalue weighted by atomic mass is 9.86. The Hall–Kier alpha value is -2.44. The minimum atomic E-state index is -1.48. The number of nitro groups is 1. The lowest BCUT2D eigenvalue weighted by Crippen LogP contribution is -2.37. The van der Waals surface area contributed by atoms with Gasteiger partial charge in [-0.05, 0) is 11.6 Å². The summed E-state index contributed by atoms with van der Waals surface area (Å²) in [6.45, 7) is 5.69. The summed E-state index contributed by atoms with van der Waals surface area (Å²) in [5.74, 6) is -0.567. The Kier molecular flexibility index (Phi) is 4.97. The molecule has 0 N–H and O–H groups in total. The number of ether oxygens (including phenoxy) is 2. The van der Waals surface area contributed by atoms with E-state index in [0.29, 0.717) is 11.1 Å². The molecule has 0 amide bonds. The van der Waals surface area contributed by atoms with E-state index in [4.69, 9.17) is 21.1 Å². The van der Waals surface area contributed by atoms with Gasteiger partial charge in [-0.15, -0.1) is 0 Å². The minimum absolute atomic E-state index is 0.0134. The zero-order valence-corrected chi connectivity index (χ0v) is 16.0. The predicted octanol–water partition coefficient (Wildman–Crippen LogP) is 4.63. The Bertz CT molecular complexity index is 878. The highest BCUT2D eigenvalue weighted by Gasteiger charge is 2.55. The summed E-state index contributed by atoms with van der Waals surface area (Å²) in [5, 5.41) is 11.5. The molecule has 6 nitrogen and oxygen atoms in total. The number of hydrogen-bond donors (Lipinski definition) is 0. The van der Waals surface area contributed by atoms with Crippen LogP contribution in [-0.2, 0) is 26.3 Å². The van der Waals surface area contributed by atoms with Gasteiger partial charge in [0, 0.05) is 17.4 Å². The fourth-order valence-electron chi connectivity index (χ4n) is 3.09. The van der Waals surface area contributed by atoms with Gasteiger partial charge in [-0.25, -0.2) is 4.79 Å². The maximum atomic E-state index is 13.0. The van der Waals surface area contributed by atoms with Gasteiger partial charge in [0.2, 0.25) is 6.29 Å². The van der Waals surface area contributed by atoms with E-state index in [1.54, 1.807) is 36.4 Å². The number of cyclic esters (lactones) is 1. The Morgan fingerprint density at radius 2 is 1.81 bits per heavy atom. The molecule has 1 aliphatic rings. The monoisotopic (exact) mass is 389 g/mol. The average Bonchev–Trinajstić information content (AvgIpc) is 2.93. The van der Waals surface area contributed by atoms with Crippen LogP contribution in [-0.4, -0.2) is 17.2 Å². The maximum Gasteiger partial charge on any atom is 0.345 e. The van der Waals surface area contributed by atoms with Crippen molar-refractivity contribution in [2.45, 2.75) is 39.1 Å². The van der Waals surface area contributed by atoms with Crippen molar-refractivity contribution in [3.63, 3.8) is 0 Å². The zero-order chi connectivity index (χ0) is 19.8. The highest BCUT2D eigenvalue weighted by molar-refractivity contribution is 6.32. The lowest BCUT2D eigenvalue weighted by molar-refractivity contribution is -0.385. The number of para-hydroxylation sites is 1. The molecule has 0 spiro atoms. The molecule has 3 rings (SSSR count). The highest BCUT2D eigenvalue weighted by atomic mass is 35.5. The zero-order valence-electron chi connectivity index (χ0n) is 15.3. The number of carbonyl (C=O) groups is 1. The topological polar surface area (TPSA) is 78.7 Å². The van der Waals surface area contributed by atoms with E-state index >= 15 is 0 Å². The number of nitrogens with zero attached hydrogens (tertiary/aromatic N) is 1. The first-order valence-electron chi connectivity index (χ1n) is 8.51. The van der Waals surface area contributed by atoms with Gasteiger partial charge in [-0.1, -0.05) is 74.8 Å². The summed E-state index contributed by atoms with van der Waals surface area (Å²) in [6.07, 6.45) is -0.831. The van der Waals surface area contributed by atoms with E-state index in [9.17, 15) is 14.9 Å². The van der Waals surface area contributed by atoms with Crippen LogP contribution in [0.1, 0.15) is 31.9 Å². The molecule has 1 saturated heterocycles. The largest absolute Gasteiger partial charge is 0.433 e. The third-order valence-electron chi connectivity index (χ3n) is 4.49. The SMILES string of the molecule is CC(C)(C)[C@@H]1OC(=O)[C@](Cc2cccc(Cl)c2[N+](=O)[O-])(c2ccccc2)O1. The van der Waals surface area contributed by atoms with Gasteiger partial charge in [0.15, 0.2) is 5.60 Å². The van der Waals surface area contributed by atoms with Crippen molar-refractivity contribution in [2.75, 3.05) is 0 Å². The molecule has 0 radical (unpaired) electrons.